The molecule has 7 heteroatoms. The molecule has 0 aromatic carbocycles. The zero-order valence-electron chi connectivity index (χ0n) is 16.8. The van der Waals surface area contributed by atoms with Crippen LogP contribution in [0.2, 0.25) is 0 Å². The van der Waals surface area contributed by atoms with Gasteiger partial charge in [-0.2, -0.15) is 0 Å². The highest BCUT2D eigenvalue weighted by molar-refractivity contribution is 5.95. The number of likely N-dealkylation sites (tertiary alicyclic amines) is 2. The monoisotopic (exact) mass is 383 g/mol. The van der Waals surface area contributed by atoms with Crippen molar-refractivity contribution in [3.05, 3.63) is 41.7 Å². The quantitative estimate of drug-likeness (QED) is 0.879. The molecule has 0 radical (unpaired) electrons. The SMILES string of the molecule is Cc1c(C(=O)N2CCC3(CCC(=O)N(CCc4cnc[nH]4)C3)CC2)ccn1C. The summed E-state index contributed by atoms with van der Waals surface area (Å²) in [5.41, 5.74) is 3.03. The van der Waals surface area contributed by atoms with Crippen LogP contribution in [0.3, 0.4) is 0 Å². The van der Waals surface area contributed by atoms with Gasteiger partial charge in [0, 0.05) is 69.8 Å². The third-order valence-electron chi connectivity index (χ3n) is 6.68. The third kappa shape index (κ3) is 3.57. The third-order valence-corrected chi connectivity index (χ3v) is 6.68. The molecule has 2 aliphatic rings. The minimum atomic E-state index is 0.135. The maximum absolute atomic E-state index is 12.9. The molecule has 0 aliphatic carbocycles. The van der Waals surface area contributed by atoms with E-state index in [2.05, 4.69) is 9.97 Å². The Labute approximate surface area is 165 Å². The van der Waals surface area contributed by atoms with E-state index >= 15 is 0 Å². The van der Waals surface area contributed by atoms with Gasteiger partial charge in [-0.25, -0.2) is 4.98 Å². The Morgan fingerprint density at radius 2 is 2.07 bits per heavy atom. The van der Waals surface area contributed by atoms with Crippen molar-refractivity contribution in [3.8, 4) is 0 Å². The number of carbonyl (C=O) groups is 2. The summed E-state index contributed by atoms with van der Waals surface area (Å²) in [7, 11) is 1.97. The molecule has 4 rings (SSSR count). The Hall–Kier alpha value is -2.57. The molecule has 2 fully saturated rings. The summed E-state index contributed by atoms with van der Waals surface area (Å²) in [4.78, 5) is 36.5. The minimum absolute atomic E-state index is 0.135. The lowest BCUT2D eigenvalue weighted by molar-refractivity contribution is -0.138. The van der Waals surface area contributed by atoms with Crippen LogP contribution in [0.25, 0.3) is 0 Å². The van der Waals surface area contributed by atoms with E-state index < -0.39 is 0 Å². The number of aryl methyl sites for hydroxylation is 1. The molecule has 0 saturated carbocycles. The first-order valence-corrected chi connectivity index (χ1v) is 10.1. The van der Waals surface area contributed by atoms with Crippen LogP contribution in [0, 0.1) is 12.3 Å². The van der Waals surface area contributed by atoms with Gasteiger partial charge >= 0.3 is 0 Å². The van der Waals surface area contributed by atoms with Gasteiger partial charge in [-0.3, -0.25) is 9.59 Å². The number of nitrogens with one attached hydrogen (secondary N) is 1. The first-order chi connectivity index (χ1) is 13.5. The summed E-state index contributed by atoms with van der Waals surface area (Å²) in [5, 5.41) is 0. The predicted molar refractivity (Wildman–Crippen MR) is 106 cm³/mol. The lowest BCUT2D eigenvalue weighted by atomic mass is 9.72. The maximum atomic E-state index is 12.9. The summed E-state index contributed by atoms with van der Waals surface area (Å²) in [5.74, 6) is 0.388. The van der Waals surface area contributed by atoms with E-state index in [1.54, 1.807) is 6.33 Å². The molecule has 2 aromatic heterocycles. The average molecular weight is 383 g/mol. The number of imidazole rings is 1. The number of amides is 2. The van der Waals surface area contributed by atoms with E-state index in [1.807, 2.05) is 46.8 Å². The van der Waals surface area contributed by atoms with Crippen molar-refractivity contribution >= 4 is 11.8 Å². The van der Waals surface area contributed by atoms with Gasteiger partial charge < -0.3 is 19.4 Å². The molecular weight excluding hydrogens is 354 g/mol. The van der Waals surface area contributed by atoms with Crippen LogP contribution in [0.5, 0.6) is 0 Å². The van der Waals surface area contributed by atoms with Crippen LogP contribution < -0.4 is 0 Å². The summed E-state index contributed by atoms with van der Waals surface area (Å²) in [6.07, 6.45) is 9.75. The van der Waals surface area contributed by atoms with Gasteiger partial charge in [0.15, 0.2) is 0 Å². The molecule has 7 nitrogen and oxygen atoms in total. The molecule has 1 N–H and O–H groups in total. The molecule has 2 saturated heterocycles. The fourth-order valence-corrected chi connectivity index (χ4v) is 4.58. The van der Waals surface area contributed by atoms with E-state index in [0.717, 1.165) is 68.8 Å². The Bertz CT molecular complexity index is 846. The number of aromatic amines is 1. The van der Waals surface area contributed by atoms with E-state index in [0.29, 0.717) is 6.42 Å². The summed E-state index contributed by atoms with van der Waals surface area (Å²) >= 11 is 0. The Balaban J connectivity index is 1.36. The van der Waals surface area contributed by atoms with Gasteiger partial charge in [-0.05, 0) is 37.7 Å². The van der Waals surface area contributed by atoms with Crippen molar-refractivity contribution in [2.45, 2.75) is 39.0 Å². The zero-order valence-corrected chi connectivity index (χ0v) is 16.8. The summed E-state index contributed by atoms with van der Waals surface area (Å²) in [6.45, 7) is 5.08. The van der Waals surface area contributed by atoms with E-state index in [9.17, 15) is 9.59 Å². The van der Waals surface area contributed by atoms with Crippen LogP contribution in [-0.2, 0) is 18.3 Å². The highest BCUT2D eigenvalue weighted by Gasteiger charge is 2.41. The molecule has 1 spiro atoms. The second kappa shape index (κ2) is 7.45. The fourth-order valence-electron chi connectivity index (χ4n) is 4.58. The fraction of sp³-hybridized carbons (Fsp3) is 0.571. The average Bonchev–Trinajstić information content (AvgIpc) is 3.33. The minimum Gasteiger partial charge on any atom is -0.354 e. The van der Waals surface area contributed by atoms with Crippen molar-refractivity contribution in [2.24, 2.45) is 12.5 Å². The number of aromatic nitrogens is 3. The zero-order chi connectivity index (χ0) is 19.7. The number of nitrogens with zero attached hydrogens (tertiary/aromatic N) is 4. The van der Waals surface area contributed by atoms with E-state index in [1.165, 1.54) is 0 Å². The van der Waals surface area contributed by atoms with Crippen molar-refractivity contribution < 1.29 is 9.59 Å². The molecule has 0 bridgehead atoms. The van der Waals surface area contributed by atoms with Crippen LogP contribution in [0.1, 0.15) is 47.4 Å². The van der Waals surface area contributed by atoms with Gasteiger partial charge in [0.25, 0.3) is 5.91 Å². The second-order valence-corrected chi connectivity index (χ2v) is 8.36. The van der Waals surface area contributed by atoms with Gasteiger partial charge in [0.1, 0.15) is 0 Å². The van der Waals surface area contributed by atoms with Crippen LogP contribution >= 0.6 is 0 Å². The Morgan fingerprint density at radius 1 is 1.29 bits per heavy atom. The summed E-state index contributed by atoms with van der Waals surface area (Å²) < 4.78 is 1.99. The molecule has 28 heavy (non-hydrogen) atoms. The normalized spacial score (nSPS) is 19.4. The first kappa shape index (κ1) is 18.8. The molecular formula is C21H29N5O2. The highest BCUT2D eigenvalue weighted by Crippen LogP contribution is 2.40. The number of carbonyl (C=O) groups excluding carboxylic acids is 2. The van der Waals surface area contributed by atoms with Crippen LogP contribution in [0.15, 0.2) is 24.8 Å². The largest absolute Gasteiger partial charge is 0.354 e. The van der Waals surface area contributed by atoms with E-state index in [4.69, 9.17) is 0 Å². The second-order valence-electron chi connectivity index (χ2n) is 8.36. The number of rotatable bonds is 4. The van der Waals surface area contributed by atoms with Gasteiger partial charge in [0.05, 0.1) is 11.9 Å². The van der Waals surface area contributed by atoms with Gasteiger partial charge in [0.2, 0.25) is 5.91 Å². The molecule has 2 aliphatic heterocycles. The van der Waals surface area contributed by atoms with Crippen LogP contribution in [0.4, 0.5) is 0 Å². The smallest absolute Gasteiger partial charge is 0.255 e. The molecule has 2 amide bonds. The molecule has 2 aromatic rings. The highest BCUT2D eigenvalue weighted by atomic mass is 16.2. The van der Waals surface area contributed by atoms with Crippen molar-refractivity contribution in [1.82, 2.24) is 24.3 Å². The molecule has 150 valence electrons. The van der Waals surface area contributed by atoms with Gasteiger partial charge in [-0.15, -0.1) is 0 Å². The first-order valence-electron chi connectivity index (χ1n) is 10.1. The van der Waals surface area contributed by atoms with Crippen molar-refractivity contribution in [1.29, 1.82) is 0 Å². The molecule has 0 atom stereocenters. The molecule has 4 heterocycles. The maximum Gasteiger partial charge on any atom is 0.255 e. The van der Waals surface area contributed by atoms with Crippen molar-refractivity contribution in [2.75, 3.05) is 26.2 Å². The van der Waals surface area contributed by atoms with E-state index in [-0.39, 0.29) is 17.2 Å². The summed E-state index contributed by atoms with van der Waals surface area (Å²) in [6, 6.07) is 1.92. The Kier molecular flexibility index (Phi) is 5.00. The number of piperidine rings is 2. The van der Waals surface area contributed by atoms with Crippen LogP contribution in [-0.4, -0.2) is 62.3 Å². The predicted octanol–water partition coefficient (Wildman–Crippen LogP) is 2.14. The number of H-pyrrole nitrogens is 1. The van der Waals surface area contributed by atoms with Gasteiger partial charge in [-0.1, -0.05) is 0 Å². The Morgan fingerprint density at radius 3 is 2.71 bits per heavy atom. The van der Waals surface area contributed by atoms with Crippen molar-refractivity contribution in [3.63, 3.8) is 0 Å². The topological polar surface area (TPSA) is 74.2 Å². The standard InChI is InChI=1S/C21H29N5O2/c1-16-18(5-9-24(16)2)20(28)25-11-7-21(8-12-25)6-3-19(27)26(14-21)10-4-17-13-22-15-23-17/h5,9,13,15H,3-4,6-8,10-12,14H2,1-2H3,(H,22,23). The number of hydrogen-bond acceptors (Lipinski definition) is 3. The lowest BCUT2D eigenvalue weighted by Gasteiger charge is -2.47. The lowest BCUT2D eigenvalue weighted by Crippen LogP contribution is -2.52. The molecule has 0 unspecified atom stereocenters. The number of hydrogen-bond donors (Lipinski definition) is 1.